The summed E-state index contributed by atoms with van der Waals surface area (Å²) in [5.74, 6) is -1.38. The number of rotatable bonds is 6. The molecule has 0 aliphatic carbocycles. The lowest BCUT2D eigenvalue weighted by Gasteiger charge is -2.15. The van der Waals surface area contributed by atoms with E-state index >= 15 is 0 Å². The number of carboxylic acid groups (broad SMARTS) is 1. The molecule has 1 aliphatic rings. The van der Waals surface area contributed by atoms with Crippen molar-refractivity contribution < 1.29 is 19.8 Å². The fourth-order valence-electron chi connectivity index (χ4n) is 2.67. The van der Waals surface area contributed by atoms with Crippen LogP contribution in [0.4, 0.5) is 11.4 Å². The van der Waals surface area contributed by atoms with Crippen LogP contribution < -0.4 is 9.80 Å². The lowest BCUT2D eigenvalue weighted by atomic mass is 10.2. The molecule has 3 rings (SSSR count). The molecular weight excluding hydrogens is 392 g/mol. The number of hydrogen-bond donors (Lipinski definition) is 2. The van der Waals surface area contributed by atoms with E-state index in [1.165, 1.54) is 17.0 Å². The van der Waals surface area contributed by atoms with Crippen LogP contribution in [-0.4, -0.2) is 52.8 Å². The molecule has 1 fully saturated rings. The Labute approximate surface area is 172 Å². The Morgan fingerprint density at radius 2 is 1.83 bits per heavy atom. The third-order valence-corrected chi connectivity index (χ3v) is 5.29. The Bertz CT molecular complexity index is 955. The predicted molar refractivity (Wildman–Crippen MR) is 115 cm³/mol. The van der Waals surface area contributed by atoms with Crippen LogP contribution in [0, 0.1) is 0 Å². The minimum Gasteiger partial charge on any atom is -0.508 e. The van der Waals surface area contributed by atoms with E-state index in [2.05, 4.69) is 10.2 Å². The molecule has 9 heteroatoms. The quantitative estimate of drug-likeness (QED) is 0.558. The molecule has 8 nitrogen and oxygen atoms in total. The third kappa shape index (κ3) is 4.94. The number of aliphatic carboxylic acids is 1. The SMILES string of the molecule is CN(C)c1ccc(/C=N\N=C2/S[C@H](CC(=O)O)C(=O)N2c2ccc(O)cc2)cc1. The molecule has 1 aliphatic heterocycles. The first-order chi connectivity index (χ1) is 13.8. The Morgan fingerprint density at radius 1 is 1.17 bits per heavy atom. The third-order valence-electron chi connectivity index (χ3n) is 4.16. The zero-order valence-corrected chi connectivity index (χ0v) is 16.7. The zero-order valence-electron chi connectivity index (χ0n) is 15.9. The number of carboxylic acids is 1. The molecule has 0 radical (unpaired) electrons. The highest BCUT2D eigenvalue weighted by molar-refractivity contribution is 8.16. The maximum atomic E-state index is 12.7. The molecule has 2 N–H and O–H groups in total. The first kappa shape index (κ1) is 20.4. The lowest BCUT2D eigenvalue weighted by Crippen LogP contribution is -2.32. The van der Waals surface area contributed by atoms with Crippen LogP contribution in [0.25, 0.3) is 0 Å². The van der Waals surface area contributed by atoms with Gasteiger partial charge in [-0.15, -0.1) is 5.10 Å². The first-order valence-electron chi connectivity index (χ1n) is 8.75. The van der Waals surface area contributed by atoms with Crippen LogP contribution in [0.15, 0.2) is 58.7 Å². The molecule has 2 aromatic rings. The number of aromatic hydroxyl groups is 1. The molecule has 0 saturated carbocycles. The fourth-order valence-corrected chi connectivity index (χ4v) is 3.75. The van der Waals surface area contributed by atoms with Crippen molar-refractivity contribution >= 4 is 46.4 Å². The highest BCUT2D eigenvalue weighted by Gasteiger charge is 2.40. The minimum atomic E-state index is -1.06. The van der Waals surface area contributed by atoms with Gasteiger partial charge in [-0.2, -0.15) is 5.10 Å². The molecule has 1 amide bonds. The van der Waals surface area contributed by atoms with Crippen LogP contribution in [0.2, 0.25) is 0 Å². The number of phenolic OH excluding ortho intramolecular Hbond substituents is 1. The number of phenols is 1. The van der Waals surface area contributed by atoms with Gasteiger partial charge in [0.05, 0.1) is 18.3 Å². The topological polar surface area (TPSA) is 106 Å². The van der Waals surface area contributed by atoms with Crippen LogP contribution in [0.1, 0.15) is 12.0 Å². The summed E-state index contributed by atoms with van der Waals surface area (Å²) >= 11 is 1.06. The summed E-state index contributed by atoms with van der Waals surface area (Å²) in [4.78, 5) is 27.1. The molecule has 2 aromatic carbocycles. The summed E-state index contributed by atoms with van der Waals surface area (Å²) < 4.78 is 0. The van der Waals surface area contributed by atoms with Gasteiger partial charge in [0.15, 0.2) is 5.17 Å². The highest BCUT2D eigenvalue weighted by atomic mass is 32.2. The van der Waals surface area contributed by atoms with Crippen molar-refractivity contribution in [3.8, 4) is 5.75 Å². The van der Waals surface area contributed by atoms with Crippen LogP contribution in [0.5, 0.6) is 5.75 Å². The second-order valence-electron chi connectivity index (χ2n) is 6.51. The normalized spacial score (nSPS) is 18.0. The van der Waals surface area contributed by atoms with Crippen LogP contribution >= 0.6 is 11.8 Å². The van der Waals surface area contributed by atoms with Gasteiger partial charge < -0.3 is 15.1 Å². The van der Waals surface area contributed by atoms with Crippen molar-refractivity contribution in [2.75, 3.05) is 23.9 Å². The van der Waals surface area contributed by atoms with E-state index in [1.54, 1.807) is 18.3 Å². The highest BCUT2D eigenvalue weighted by Crippen LogP contribution is 2.34. The standard InChI is InChI=1S/C20H20N4O4S/c1-23(2)14-5-3-13(4-6-14)12-21-22-20-24(15-7-9-16(25)10-8-15)19(28)17(29-20)11-18(26)27/h3-10,12,17,25H,11H2,1-2H3,(H,26,27)/b21-12-,22-20-/t17-/m1/s1. The smallest absolute Gasteiger partial charge is 0.305 e. The summed E-state index contributed by atoms with van der Waals surface area (Å²) in [6.07, 6.45) is 1.25. The van der Waals surface area contributed by atoms with Gasteiger partial charge in [0, 0.05) is 19.8 Å². The van der Waals surface area contributed by atoms with E-state index < -0.39 is 11.2 Å². The molecule has 1 saturated heterocycles. The number of carbonyl (C=O) groups is 2. The van der Waals surface area contributed by atoms with E-state index in [1.807, 2.05) is 43.3 Å². The summed E-state index contributed by atoms with van der Waals surface area (Å²) in [5.41, 5.74) is 2.38. The lowest BCUT2D eigenvalue weighted by molar-refractivity contribution is -0.138. The van der Waals surface area contributed by atoms with E-state index in [0.717, 1.165) is 23.0 Å². The molecule has 0 bridgehead atoms. The maximum absolute atomic E-state index is 12.7. The van der Waals surface area contributed by atoms with Gasteiger partial charge in [0.25, 0.3) is 0 Å². The van der Waals surface area contributed by atoms with Gasteiger partial charge >= 0.3 is 5.97 Å². The molecule has 1 atom stereocenters. The van der Waals surface area contributed by atoms with Gasteiger partial charge in [-0.05, 0) is 42.0 Å². The van der Waals surface area contributed by atoms with Gasteiger partial charge in [-0.25, -0.2) is 0 Å². The van der Waals surface area contributed by atoms with E-state index in [4.69, 9.17) is 5.11 Å². The van der Waals surface area contributed by atoms with E-state index in [0.29, 0.717) is 5.69 Å². The molecule has 0 aromatic heterocycles. The molecular formula is C20H20N4O4S. The average Bonchev–Trinajstić information content (AvgIpc) is 2.98. The number of thioether (sulfide) groups is 1. The monoisotopic (exact) mass is 412 g/mol. The maximum Gasteiger partial charge on any atom is 0.305 e. The molecule has 0 spiro atoms. The fraction of sp³-hybridized carbons (Fsp3) is 0.200. The Kier molecular flexibility index (Phi) is 6.18. The first-order valence-corrected chi connectivity index (χ1v) is 9.63. The Hall–Kier alpha value is -3.33. The molecule has 29 heavy (non-hydrogen) atoms. The van der Waals surface area contributed by atoms with Crippen LogP contribution in [-0.2, 0) is 9.59 Å². The number of hydrogen-bond acceptors (Lipinski definition) is 7. The van der Waals surface area contributed by atoms with Crippen molar-refractivity contribution in [3.05, 3.63) is 54.1 Å². The summed E-state index contributed by atoms with van der Waals surface area (Å²) in [6, 6.07) is 13.7. The van der Waals surface area contributed by atoms with Crippen molar-refractivity contribution in [3.63, 3.8) is 0 Å². The molecule has 150 valence electrons. The van der Waals surface area contributed by atoms with Crippen molar-refractivity contribution in [2.45, 2.75) is 11.7 Å². The largest absolute Gasteiger partial charge is 0.508 e. The second kappa shape index (κ2) is 8.78. The van der Waals surface area contributed by atoms with Gasteiger partial charge in [-0.3, -0.25) is 14.5 Å². The summed E-state index contributed by atoms with van der Waals surface area (Å²) in [5, 5.41) is 26.3. The van der Waals surface area contributed by atoms with E-state index in [9.17, 15) is 14.7 Å². The number of anilines is 2. The van der Waals surface area contributed by atoms with Gasteiger partial charge in [-0.1, -0.05) is 23.9 Å². The summed E-state index contributed by atoms with van der Waals surface area (Å²) in [7, 11) is 3.91. The number of amidine groups is 1. The van der Waals surface area contributed by atoms with Gasteiger partial charge in [0.2, 0.25) is 5.91 Å². The number of benzene rings is 2. The van der Waals surface area contributed by atoms with Crippen LogP contribution in [0.3, 0.4) is 0 Å². The molecule has 0 unspecified atom stereocenters. The Balaban J connectivity index is 1.85. The molecule has 1 heterocycles. The average molecular weight is 412 g/mol. The minimum absolute atomic E-state index is 0.0628. The Morgan fingerprint density at radius 3 is 2.41 bits per heavy atom. The van der Waals surface area contributed by atoms with Crippen molar-refractivity contribution in [1.82, 2.24) is 0 Å². The zero-order chi connectivity index (χ0) is 21.0. The summed E-state index contributed by atoms with van der Waals surface area (Å²) in [6.45, 7) is 0. The predicted octanol–water partition coefficient (Wildman–Crippen LogP) is 2.77. The number of amides is 1. The number of nitrogens with zero attached hydrogens (tertiary/aromatic N) is 4. The van der Waals surface area contributed by atoms with Crippen molar-refractivity contribution in [2.24, 2.45) is 10.2 Å². The second-order valence-corrected chi connectivity index (χ2v) is 7.68. The van der Waals surface area contributed by atoms with Gasteiger partial charge in [0.1, 0.15) is 11.0 Å². The van der Waals surface area contributed by atoms with E-state index in [-0.39, 0.29) is 23.2 Å². The van der Waals surface area contributed by atoms with Crippen molar-refractivity contribution in [1.29, 1.82) is 0 Å². The number of carbonyl (C=O) groups excluding carboxylic acids is 1.